The van der Waals surface area contributed by atoms with Gasteiger partial charge in [-0.25, -0.2) is 9.79 Å². The minimum Gasteiger partial charge on any atom is -0.490 e. The SMILES string of the molecule is CC1=C(C(=O)OC(C)C)C(c2ccccc2Cl)n2c(sc(=Cc3ccccc3OC(C)C)c2=O)=N1. The van der Waals surface area contributed by atoms with Crippen LogP contribution < -0.4 is 19.6 Å². The molecule has 0 fully saturated rings. The van der Waals surface area contributed by atoms with E-state index in [4.69, 9.17) is 21.1 Å². The number of hydrogen-bond acceptors (Lipinski definition) is 6. The van der Waals surface area contributed by atoms with Crippen LogP contribution in [0.1, 0.15) is 51.8 Å². The molecule has 0 saturated heterocycles. The molecule has 35 heavy (non-hydrogen) atoms. The van der Waals surface area contributed by atoms with E-state index in [2.05, 4.69) is 4.99 Å². The van der Waals surface area contributed by atoms with Gasteiger partial charge < -0.3 is 9.47 Å². The van der Waals surface area contributed by atoms with Crippen LogP contribution in [0, 0.1) is 0 Å². The molecule has 0 aliphatic carbocycles. The zero-order valence-electron chi connectivity index (χ0n) is 20.2. The summed E-state index contributed by atoms with van der Waals surface area (Å²) < 4.78 is 13.5. The fourth-order valence-corrected chi connectivity index (χ4v) is 5.23. The molecule has 6 nitrogen and oxygen atoms in total. The summed E-state index contributed by atoms with van der Waals surface area (Å²) in [7, 11) is 0. The van der Waals surface area contributed by atoms with E-state index in [1.165, 1.54) is 15.9 Å². The molecule has 2 aromatic carbocycles. The molecule has 1 aliphatic heterocycles. The fourth-order valence-electron chi connectivity index (χ4n) is 3.95. The van der Waals surface area contributed by atoms with Crippen LogP contribution in [-0.4, -0.2) is 22.7 Å². The molecule has 0 radical (unpaired) electrons. The van der Waals surface area contributed by atoms with E-state index in [0.29, 0.717) is 36.9 Å². The Hall–Kier alpha value is -3.16. The van der Waals surface area contributed by atoms with E-state index in [9.17, 15) is 9.59 Å². The van der Waals surface area contributed by atoms with Gasteiger partial charge in [-0.1, -0.05) is 59.3 Å². The van der Waals surface area contributed by atoms with Gasteiger partial charge in [0.1, 0.15) is 11.8 Å². The molecule has 1 unspecified atom stereocenters. The van der Waals surface area contributed by atoms with Gasteiger partial charge in [0.25, 0.3) is 5.56 Å². The van der Waals surface area contributed by atoms with Crippen molar-refractivity contribution in [2.75, 3.05) is 0 Å². The van der Waals surface area contributed by atoms with Crippen LogP contribution in [-0.2, 0) is 9.53 Å². The predicted molar refractivity (Wildman–Crippen MR) is 139 cm³/mol. The van der Waals surface area contributed by atoms with E-state index in [1.807, 2.05) is 56.3 Å². The number of carbonyl (C=O) groups excluding carboxylic acids is 1. The van der Waals surface area contributed by atoms with Crippen molar-refractivity contribution in [3.05, 3.63) is 95.6 Å². The van der Waals surface area contributed by atoms with Gasteiger partial charge in [0.05, 0.1) is 28.0 Å². The first kappa shape index (κ1) is 24.9. The first-order valence-electron chi connectivity index (χ1n) is 11.4. The highest BCUT2D eigenvalue weighted by Gasteiger charge is 2.34. The number of esters is 1. The number of thiazole rings is 1. The van der Waals surface area contributed by atoms with E-state index in [-0.39, 0.29) is 17.8 Å². The van der Waals surface area contributed by atoms with E-state index in [0.717, 1.165) is 5.56 Å². The summed E-state index contributed by atoms with van der Waals surface area (Å²) in [6, 6.07) is 14.0. The molecule has 1 atom stereocenters. The van der Waals surface area contributed by atoms with Crippen molar-refractivity contribution in [1.82, 2.24) is 4.57 Å². The molecule has 0 saturated carbocycles. The lowest BCUT2D eigenvalue weighted by Crippen LogP contribution is -2.40. The first-order valence-corrected chi connectivity index (χ1v) is 12.6. The Kier molecular flexibility index (Phi) is 7.28. The predicted octanol–water partition coefficient (Wildman–Crippen LogP) is 4.63. The molecule has 2 heterocycles. The van der Waals surface area contributed by atoms with Gasteiger partial charge in [-0.2, -0.15) is 0 Å². The molecule has 0 bridgehead atoms. The quantitative estimate of drug-likeness (QED) is 0.453. The van der Waals surface area contributed by atoms with Crippen molar-refractivity contribution in [3.8, 4) is 5.75 Å². The second-order valence-electron chi connectivity index (χ2n) is 8.76. The summed E-state index contributed by atoms with van der Waals surface area (Å²) in [5.41, 5.74) is 1.96. The molecule has 3 aromatic rings. The standard InChI is InChI=1S/C27H27ClN2O4S/c1-15(2)33-21-13-9-6-10-18(21)14-22-25(31)30-24(19-11-7-8-12-20(19)28)23(26(32)34-16(3)4)17(5)29-27(30)35-22/h6-16,24H,1-5H3. The highest BCUT2D eigenvalue weighted by Crippen LogP contribution is 2.34. The second-order valence-corrected chi connectivity index (χ2v) is 10.2. The average molecular weight is 511 g/mol. The number of ether oxygens (including phenoxy) is 2. The summed E-state index contributed by atoms with van der Waals surface area (Å²) in [5.74, 6) is 0.171. The van der Waals surface area contributed by atoms with E-state index in [1.54, 1.807) is 32.9 Å². The lowest BCUT2D eigenvalue weighted by molar-refractivity contribution is -0.143. The third kappa shape index (κ3) is 5.11. The molecule has 1 aliphatic rings. The number of rotatable bonds is 6. The topological polar surface area (TPSA) is 69.9 Å². The van der Waals surface area contributed by atoms with E-state index >= 15 is 0 Å². The van der Waals surface area contributed by atoms with Gasteiger partial charge >= 0.3 is 5.97 Å². The summed E-state index contributed by atoms with van der Waals surface area (Å²) in [6.07, 6.45) is 1.47. The van der Waals surface area contributed by atoms with Crippen LogP contribution in [0.15, 0.2) is 69.6 Å². The molecule has 1 aromatic heterocycles. The summed E-state index contributed by atoms with van der Waals surface area (Å²) in [4.78, 5) is 32.0. The minimum atomic E-state index is -0.754. The van der Waals surface area contributed by atoms with Crippen molar-refractivity contribution in [2.45, 2.75) is 52.9 Å². The highest BCUT2D eigenvalue weighted by molar-refractivity contribution is 7.07. The number of benzene rings is 2. The molecular weight excluding hydrogens is 484 g/mol. The Balaban J connectivity index is 1.95. The average Bonchev–Trinajstić information content (AvgIpc) is 3.08. The number of hydrogen-bond donors (Lipinski definition) is 0. The summed E-state index contributed by atoms with van der Waals surface area (Å²) in [5, 5.41) is 0.451. The maximum Gasteiger partial charge on any atom is 0.338 e. The van der Waals surface area contributed by atoms with Gasteiger partial charge in [0, 0.05) is 10.6 Å². The molecule has 8 heteroatoms. The molecule has 0 amide bonds. The number of aromatic nitrogens is 1. The van der Waals surface area contributed by atoms with Gasteiger partial charge in [-0.15, -0.1) is 0 Å². The molecule has 4 rings (SSSR count). The van der Waals surface area contributed by atoms with Gasteiger partial charge in [-0.3, -0.25) is 9.36 Å². The number of halogens is 1. The third-order valence-electron chi connectivity index (χ3n) is 5.35. The second kappa shape index (κ2) is 10.2. The van der Waals surface area contributed by atoms with Crippen LogP contribution in [0.3, 0.4) is 0 Å². The van der Waals surface area contributed by atoms with Gasteiger partial charge in [0.2, 0.25) is 0 Å². The van der Waals surface area contributed by atoms with Crippen molar-refractivity contribution in [2.24, 2.45) is 4.99 Å². The van der Waals surface area contributed by atoms with Crippen LogP contribution in [0.4, 0.5) is 0 Å². The summed E-state index contributed by atoms with van der Waals surface area (Å²) in [6.45, 7) is 9.22. The highest BCUT2D eigenvalue weighted by atomic mass is 35.5. The number of fused-ring (bicyclic) bond motifs is 1. The Morgan fingerprint density at radius 3 is 2.46 bits per heavy atom. The lowest BCUT2D eigenvalue weighted by atomic mass is 9.96. The van der Waals surface area contributed by atoms with E-state index < -0.39 is 12.0 Å². The molecule has 182 valence electrons. The normalized spacial score (nSPS) is 15.9. The maximum atomic E-state index is 13.8. The van der Waals surface area contributed by atoms with Gasteiger partial charge in [0.15, 0.2) is 4.80 Å². The number of allylic oxidation sites excluding steroid dienone is 1. The zero-order chi connectivity index (χ0) is 25.3. The van der Waals surface area contributed by atoms with Crippen LogP contribution in [0.5, 0.6) is 5.75 Å². The Labute approximate surface area is 212 Å². The maximum absolute atomic E-state index is 13.8. The zero-order valence-corrected chi connectivity index (χ0v) is 21.8. The lowest BCUT2D eigenvalue weighted by Gasteiger charge is -2.26. The number of para-hydroxylation sites is 1. The van der Waals surface area contributed by atoms with Crippen LogP contribution in [0.2, 0.25) is 5.02 Å². The Morgan fingerprint density at radius 1 is 1.09 bits per heavy atom. The van der Waals surface area contributed by atoms with Crippen LogP contribution >= 0.6 is 22.9 Å². The van der Waals surface area contributed by atoms with Gasteiger partial charge in [-0.05, 0) is 58.4 Å². The molecule has 0 N–H and O–H groups in total. The minimum absolute atomic E-state index is 0.0110. The Bertz CT molecular complexity index is 1480. The van der Waals surface area contributed by atoms with Crippen molar-refractivity contribution < 1.29 is 14.3 Å². The smallest absolute Gasteiger partial charge is 0.338 e. The number of nitrogens with zero attached hydrogens (tertiary/aromatic N) is 2. The monoisotopic (exact) mass is 510 g/mol. The number of carbonyl (C=O) groups is 1. The Morgan fingerprint density at radius 2 is 1.77 bits per heavy atom. The van der Waals surface area contributed by atoms with Crippen molar-refractivity contribution >= 4 is 35.0 Å². The van der Waals surface area contributed by atoms with Crippen molar-refractivity contribution in [1.29, 1.82) is 0 Å². The van der Waals surface area contributed by atoms with Crippen LogP contribution in [0.25, 0.3) is 6.08 Å². The third-order valence-corrected chi connectivity index (χ3v) is 6.68. The largest absolute Gasteiger partial charge is 0.490 e. The molecular formula is C27H27ClN2O4S. The molecule has 0 spiro atoms. The van der Waals surface area contributed by atoms with Crippen molar-refractivity contribution in [3.63, 3.8) is 0 Å². The summed E-state index contributed by atoms with van der Waals surface area (Å²) >= 11 is 7.83. The first-order chi connectivity index (χ1) is 16.7. The fraction of sp³-hybridized carbons (Fsp3) is 0.296.